The first-order valence-electron chi connectivity index (χ1n) is 37.3. The van der Waals surface area contributed by atoms with Gasteiger partial charge in [-0.1, -0.05) is 0 Å². The van der Waals surface area contributed by atoms with Crippen LogP contribution in [0.2, 0.25) is 0 Å². The highest BCUT2D eigenvalue weighted by Gasteiger charge is 2.58. The Morgan fingerprint density at radius 1 is 0.467 bits per heavy atom. The molecular formula is C69H113N7O45S. The number of rotatable bonds is 50. The van der Waals surface area contributed by atoms with Crippen LogP contribution in [0.5, 0.6) is 0 Å². The molecule has 3 aliphatic heterocycles. The van der Waals surface area contributed by atoms with E-state index in [2.05, 4.69) is 39.2 Å². The summed E-state index contributed by atoms with van der Waals surface area (Å²) in [5.74, 6) is -28.2. The molecule has 0 spiro atoms. The van der Waals surface area contributed by atoms with Gasteiger partial charge in [0.1, 0.15) is 78.5 Å². The summed E-state index contributed by atoms with van der Waals surface area (Å²) < 4.78 is 55.0. The number of ether oxygens (including phenoxy) is 10. The molecule has 700 valence electrons. The molecule has 27 atom stereocenters. The average Bonchev–Trinajstić information content (AvgIpc) is 0.769. The van der Waals surface area contributed by atoms with Gasteiger partial charge in [0.2, 0.25) is 66.0 Å². The first-order chi connectivity index (χ1) is 56.8. The number of carboxylic acids is 2. The predicted octanol–water partition coefficient (Wildman–Crippen LogP) is -11.0. The highest BCUT2D eigenvalue weighted by Crippen LogP contribution is 2.38. The summed E-state index contributed by atoms with van der Waals surface area (Å²) in [5, 5.41) is 300. The first kappa shape index (κ1) is 108. The van der Waals surface area contributed by atoms with Gasteiger partial charge in [0.15, 0.2) is 52.8 Å². The van der Waals surface area contributed by atoms with Gasteiger partial charge in [-0.15, -0.1) is 0 Å². The summed E-state index contributed by atoms with van der Waals surface area (Å²) in [6.45, 7) is 1.69. The summed E-state index contributed by atoms with van der Waals surface area (Å²) in [6.07, 6.45) is -55.5. The standard InChI is InChI=1S/C69H113N7O45S/c1-24(79)41(70-26(3)81)57-43(72-28(5)83)37(92)21-68(120-57,66(108)109)114-18-12-33(88)47(95)51(99)62(105)112-17-11-32(87)49(97)53(101)64(107)117-56(36(91)10-16-78)46(75-31(8)86)61(104)118-59-50(98)39(116-65(54(59)102)119-55(35(90)9-15-77)45(74-30(7)85)60(103)76-40(94)14-20-122)23-113-63(106)52(100)48(96)34(89)13-19-115-69(67(110)111)22-38(93)44(73-29(6)84)58(121-69)42(25(2)80)71-27(4)82/h24-25,32-39,41-44,50,54,57-65,77-80,87-93,95-107,122H,9-23H2,1-8H3,(H,70,81)(H,71,82)(H,72,83)(H,73,84)(H,74,85)(H,75,86)(H,76,94)(H,108,109)(H,110,111)/b51-47-,52-48-,53-49-,55-45-,56-46-/t24-,25-,32-,33+,34+,35-,36-,37?,38?,39?,41-,42-,43-,44-,50-,54?,57?,58?,59?,60+,61-,62-,63-,64-,65-,68-,69-/m0/s1. The van der Waals surface area contributed by atoms with Gasteiger partial charge in [0, 0.05) is 106 Å². The van der Waals surface area contributed by atoms with Crippen molar-refractivity contribution in [3.05, 3.63) is 57.5 Å². The van der Waals surface area contributed by atoms with Crippen LogP contribution in [-0.4, -0.2) is 396 Å². The van der Waals surface area contributed by atoms with Crippen LogP contribution in [0.15, 0.2) is 57.5 Å². The topological polar surface area (TPSA) is 856 Å². The van der Waals surface area contributed by atoms with E-state index in [4.69, 9.17) is 47.4 Å². The van der Waals surface area contributed by atoms with Crippen molar-refractivity contribution in [3.8, 4) is 0 Å². The zero-order valence-electron chi connectivity index (χ0n) is 66.9. The lowest BCUT2D eigenvalue weighted by Gasteiger charge is -2.47. The van der Waals surface area contributed by atoms with Gasteiger partial charge in [-0.2, -0.15) is 12.6 Å². The third-order valence-electron chi connectivity index (χ3n) is 18.1. The second-order valence-electron chi connectivity index (χ2n) is 28.0. The molecule has 7 unspecified atom stereocenters. The van der Waals surface area contributed by atoms with E-state index in [0.717, 1.165) is 41.5 Å². The number of aliphatic hydroxyl groups excluding tert-OH is 24. The van der Waals surface area contributed by atoms with E-state index in [9.17, 15) is 176 Å². The zero-order chi connectivity index (χ0) is 93.0. The number of amides is 7. The van der Waals surface area contributed by atoms with Crippen LogP contribution in [0.1, 0.15) is 107 Å². The molecule has 3 fully saturated rings. The molecule has 7 amide bonds. The maximum Gasteiger partial charge on any atom is 0.364 e. The SMILES string of the molecule is CC(=O)N/C(=C(\O[C@@H]1OC(CO[C@H](O)/C(O)=C(/O)[C@H](O)CCO[C@@]2(C(=O)O)CC(O)[C@H](NC(C)=O)C([C@@H](NC(C)=O)[C@H](C)O)O2)[C@H](O)C(O[C@H](O)/C(NC(C)=O)=C(/O[C@H](O)/C(O)=C(/O)[C@@H](O)CCO[C@H](O)/C(O)=C(/O)[C@H](O)CCO[C@@]2(C(=O)O)CC(O)[C@H](NC(C)=O)C([C@@H](NC(C)=O)[C@H](C)O)O2)[C@@H](O)CCO)C1O)[C@@H](O)CCO)[C@@H](O)NC(=O)CCS. The van der Waals surface area contributed by atoms with Crippen molar-refractivity contribution >= 4 is 65.9 Å². The predicted molar refractivity (Wildman–Crippen MR) is 400 cm³/mol. The Labute approximate surface area is 698 Å². The Bertz CT molecular complexity index is 3610. The van der Waals surface area contributed by atoms with Gasteiger partial charge in [0.25, 0.3) is 17.9 Å². The first-order valence-corrected chi connectivity index (χ1v) is 37.9. The minimum absolute atomic E-state index is 0.124. The fourth-order valence-electron chi connectivity index (χ4n) is 12.2. The van der Waals surface area contributed by atoms with E-state index >= 15 is 0 Å². The largest absolute Gasteiger partial charge is 0.506 e. The summed E-state index contributed by atoms with van der Waals surface area (Å²) in [7, 11) is 0. The number of aliphatic hydroxyl groups is 24. The molecule has 33 N–H and O–H groups in total. The van der Waals surface area contributed by atoms with E-state index in [-0.39, 0.29) is 5.75 Å². The van der Waals surface area contributed by atoms with Crippen molar-refractivity contribution in [2.24, 2.45) is 0 Å². The van der Waals surface area contributed by atoms with Gasteiger partial charge in [-0.3, -0.25) is 33.6 Å². The van der Waals surface area contributed by atoms with Gasteiger partial charge in [-0.05, 0) is 19.6 Å². The summed E-state index contributed by atoms with van der Waals surface area (Å²) in [6, 6.07) is -5.97. The number of hydrogen-bond acceptors (Lipinski definition) is 44. The molecule has 122 heavy (non-hydrogen) atoms. The molecule has 0 radical (unpaired) electrons. The maximum absolute atomic E-state index is 12.9. The molecule has 3 aliphatic rings. The molecule has 0 aliphatic carbocycles. The molecule has 52 nitrogen and oxygen atoms in total. The van der Waals surface area contributed by atoms with Crippen LogP contribution in [-0.2, 0) is 90.5 Å². The van der Waals surface area contributed by atoms with Crippen LogP contribution in [0, 0.1) is 0 Å². The van der Waals surface area contributed by atoms with Crippen molar-refractivity contribution in [3.63, 3.8) is 0 Å². The van der Waals surface area contributed by atoms with Gasteiger partial charge in [0.05, 0.1) is 75.0 Å². The normalized spacial score (nSPS) is 27.6. The number of thiol groups is 1. The summed E-state index contributed by atoms with van der Waals surface area (Å²) >= 11 is 3.94. The van der Waals surface area contributed by atoms with Gasteiger partial charge in [-0.25, -0.2) is 9.59 Å². The van der Waals surface area contributed by atoms with Crippen LogP contribution < -0.4 is 37.2 Å². The fraction of sp³-hybridized carbons (Fsp3) is 0.725. The highest BCUT2D eigenvalue weighted by atomic mass is 32.1. The molecule has 0 aromatic heterocycles. The number of carboxylic acid groups (broad SMARTS) is 2. The quantitative estimate of drug-likeness (QED) is 0.0153. The molecule has 3 heterocycles. The van der Waals surface area contributed by atoms with Crippen molar-refractivity contribution in [1.29, 1.82) is 0 Å². The fourth-order valence-corrected chi connectivity index (χ4v) is 12.4. The number of hydrogen-bond donors (Lipinski definition) is 34. The Morgan fingerprint density at radius 3 is 1.25 bits per heavy atom. The Hall–Kier alpha value is -8.36. The van der Waals surface area contributed by atoms with Gasteiger partial charge >= 0.3 is 11.9 Å². The highest BCUT2D eigenvalue weighted by molar-refractivity contribution is 7.80. The second kappa shape index (κ2) is 50.0. The van der Waals surface area contributed by atoms with E-state index in [1.807, 2.05) is 10.6 Å². The van der Waals surface area contributed by atoms with Crippen molar-refractivity contribution in [2.45, 2.75) is 272 Å². The van der Waals surface area contributed by atoms with Gasteiger partial charge < -0.3 is 217 Å². The van der Waals surface area contributed by atoms with Crippen LogP contribution in [0.4, 0.5) is 0 Å². The number of carbonyl (C=O) groups is 9. The Morgan fingerprint density at radius 2 is 0.869 bits per heavy atom. The molecule has 3 rings (SSSR count). The Kier molecular flexibility index (Phi) is 44.1. The monoisotopic (exact) mass is 1790 g/mol. The molecule has 0 saturated carbocycles. The van der Waals surface area contributed by atoms with Crippen LogP contribution in [0.3, 0.4) is 0 Å². The summed E-state index contributed by atoms with van der Waals surface area (Å²) in [5.41, 5.74) is -2.27. The average molecular weight is 1790 g/mol. The summed E-state index contributed by atoms with van der Waals surface area (Å²) in [4.78, 5) is 112. The molecule has 3 saturated heterocycles. The van der Waals surface area contributed by atoms with E-state index in [1.165, 1.54) is 6.92 Å². The number of carbonyl (C=O) groups excluding carboxylic acids is 7. The Balaban J connectivity index is 2.06. The lowest BCUT2D eigenvalue weighted by molar-refractivity contribution is -0.321. The number of aliphatic carboxylic acids is 2. The van der Waals surface area contributed by atoms with Crippen molar-refractivity contribution in [2.75, 3.05) is 45.4 Å². The van der Waals surface area contributed by atoms with Crippen molar-refractivity contribution < 1.29 is 223 Å². The molecule has 0 bridgehead atoms. The second-order valence-corrected chi connectivity index (χ2v) is 28.5. The maximum atomic E-state index is 12.9. The third kappa shape index (κ3) is 31.1. The van der Waals surface area contributed by atoms with Crippen molar-refractivity contribution in [1.82, 2.24) is 37.2 Å². The third-order valence-corrected chi connectivity index (χ3v) is 18.4. The molecule has 0 aromatic rings. The lowest BCUT2D eigenvalue weighted by Crippen LogP contribution is -2.69. The van der Waals surface area contributed by atoms with E-state index in [1.54, 1.807) is 0 Å². The minimum Gasteiger partial charge on any atom is -0.506 e. The van der Waals surface area contributed by atoms with E-state index in [0.29, 0.717) is 6.92 Å². The lowest BCUT2D eigenvalue weighted by atomic mass is 9.87. The molecule has 0 aromatic carbocycles. The minimum atomic E-state index is -3.09. The number of nitrogens with one attached hydrogen (secondary N) is 7. The van der Waals surface area contributed by atoms with Crippen LogP contribution >= 0.6 is 12.6 Å². The van der Waals surface area contributed by atoms with Crippen LogP contribution in [0.25, 0.3) is 0 Å². The van der Waals surface area contributed by atoms with E-state index < -0.39 is 367 Å². The molecular weight excluding hydrogens is 1680 g/mol. The smallest absolute Gasteiger partial charge is 0.364 e. The molecule has 53 heteroatoms. The zero-order valence-corrected chi connectivity index (χ0v) is 67.8.